The summed E-state index contributed by atoms with van der Waals surface area (Å²) in [5, 5.41) is 0. The van der Waals surface area contributed by atoms with E-state index >= 15 is 0 Å². The number of carbonyl (C=O) groups excluding carboxylic acids is 2. The van der Waals surface area contributed by atoms with Gasteiger partial charge >= 0.3 is 5.97 Å². The standard InChI is InChI=1S/C20H26O3/c1-14-9-8-12-20(3,4)18(14)17(21)13-15(2)23-19(22)16-10-6-5-7-11-16/h5-7,10-11,15H,8-9,12-13H2,1-4H3. The van der Waals surface area contributed by atoms with E-state index in [0.717, 1.165) is 24.8 Å². The predicted octanol–water partition coefficient (Wildman–Crippen LogP) is 4.72. The minimum absolute atomic E-state index is 0.0808. The molecule has 0 amide bonds. The molecule has 0 aromatic heterocycles. The Morgan fingerprint density at radius 1 is 1.22 bits per heavy atom. The third-order valence-electron chi connectivity index (χ3n) is 4.53. The highest BCUT2D eigenvalue weighted by Crippen LogP contribution is 2.41. The summed E-state index contributed by atoms with van der Waals surface area (Å²) in [6, 6.07) is 8.88. The predicted molar refractivity (Wildman–Crippen MR) is 91.3 cm³/mol. The van der Waals surface area contributed by atoms with Crippen molar-refractivity contribution in [3.05, 3.63) is 47.0 Å². The van der Waals surface area contributed by atoms with Gasteiger partial charge in [0.1, 0.15) is 6.10 Å². The first-order chi connectivity index (χ1) is 10.8. The van der Waals surface area contributed by atoms with Gasteiger partial charge in [-0.1, -0.05) is 37.6 Å². The van der Waals surface area contributed by atoms with E-state index < -0.39 is 6.10 Å². The van der Waals surface area contributed by atoms with E-state index in [4.69, 9.17) is 4.74 Å². The molecule has 0 radical (unpaired) electrons. The van der Waals surface area contributed by atoms with Crippen LogP contribution in [0.2, 0.25) is 0 Å². The second-order valence-corrected chi connectivity index (χ2v) is 7.10. The van der Waals surface area contributed by atoms with Gasteiger partial charge in [0.15, 0.2) is 5.78 Å². The van der Waals surface area contributed by atoms with Crippen molar-refractivity contribution in [2.24, 2.45) is 5.41 Å². The summed E-state index contributed by atoms with van der Waals surface area (Å²) in [4.78, 5) is 24.8. The monoisotopic (exact) mass is 314 g/mol. The fraction of sp³-hybridized carbons (Fsp3) is 0.500. The molecule has 0 spiro atoms. The highest BCUT2D eigenvalue weighted by molar-refractivity contribution is 5.98. The lowest BCUT2D eigenvalue weighted by Gasteiger charge is -2.34. The van der Waals surface area contributed by atoms with E-state index in [2.05, 4.69) is 20.8 Å². The van der Waals surface area contributed by atoms with Crippen molar-refractivity contribution in [3.8, 4) is 0 Å². The van der Waals surface area contributed by atoms with Crippen LogP contribution in [0.3, 0.4) is 0 Å². The maximum Gasteiger partial charge on any atom is 0.338 e. The number of ketones is 1. The summed E-state index contributed by atoms with van der Waals surface area (Å²) < 4.78 is 5.42. The lowest BCUT2D eigenvalue weighted by molar-refractivity contribution is -0.118. The van der Waals surface area contributed by atoms with Crippen LogP contribution in [0.25, 0.3) is 0 Å². The van der Waals surface area contributed by atoms with Gasteiger partial charge in [-0.3, -0.25) is 4.79 Å². The van der Waals surface area contributed by atoms with Gasteiger partial charge in [0, 0.05) is 6.42 Å². The Labute approximate surface area is 138 Å². The van der Waals surface area contributed by atoms with Crippen LogP contribution in [0.15, 0.2) is 41.5 Å². The molecule has 3 heteroatoms. The lowest BCUT2D eigenvalue weighted by atomic mass is 9.70. The fourth-order valence-corrected chi connectivity index (χ4v) is 3.47. The summed E-state index contributed by atoms with van der Waals surface area (Å²) in [5.74, 6) is -0.264. The Morgan fingerprint density at radius 3 is 2.48 bits per heavy atom. The van der Waals surface area contributed by atoms with Gasteiger partial charge in [0.25, 0.3) is 0 Å². The molecule has 0 fully saturated rings. The molecule has 0 bridgehead atoms. The topological polar surface area (TPSA) is 43.4 Å². The molecule has 1 aliphatic rings. The van der Waals surface area contributed by atoms with E-state index in [9.17, 15) is 9.59 Å². The van der Waals surface area contributed by atoms with Crippen molar-refractivity contribution in [1.29, 1.82) is 0 Å². The summed E-state index contributed by atoms with van der Waals surface area (Å²) >= 11 is 0. The number of rotatable bonds is 5. The number of allylic oxidation sites excluding steroid dienone is 2. The largest absolute Gasteiger partial charge is 0.459 e. The Bertz CT molecular complexity index is 611. The zero-order valence-corrected chi connectivity index (χ0v) is 14.5. The molecular formula is C20H26O3. The first-order valence-electron chi connectivity index (χ1n) is 8.31. The van der Waals surface area contributed by atoms with Crippen LogP contribution in [0, 0.1) is 5.41 Å². The maximum absolute atomic E-state index is 12.7. The van der Waals surface area contributed by atoms with Crippen LogP contribution >= 0.6 is 0 Å². The number of ether oxygens (including phenoxy) is 1. The average molecular weight is 314 g/mol. The Hall–Kier alpha value is -1.90. The van der Waals surface area contributed by atoms with Crippen LogP contribution in [-0.4, -0.2) is 17.9 Å². The molecule has 2 rings (SSSR count). The summed E-state index contributed by atoms with van der Waals surface area (Å²) in [6.07, 6.45) is 2.98. The van der Waals surface area contributed by atoms with Crippen LogP contribution in [0.1, 0.15) is 63.7 Å². The van der Waals surface area contributed by atoms with Crippen molar-refractivity contribution >= 4 is 11.8 Å². The van der Waals surface area contributed by atoms with E-state index in [1.807, 2.05) is 6.07 Å². The minimum atomic E-state index is -0.423. The molecule has 1 atom stereocenters. The Morgan fingerprint density at radius 2 is 1.87 bits per heavy atom. The minimum Gasteiger partial charge on any atom is -0.459 e. The molecule has 1 aromatic carbocycles. The number of esters is 1. The number of hydrogen-bond acceptors (Lipinski definition) is 3. The summed E-state index contributed by atoms with van der Waals surface area (Å²) in [5.41, 5.74) is 2.56. The van der Waals surface area contributed by atoms with Gasteiger partial charge in [-0.2, -0.15) is 0 Å². The van der Waals surface area contributed by atoms with E-state index in [-0.39, 0.29) is 23.6 Å². The molecule has 0 N–H and O–H groups in total. The number of Topliss-reactive ketones (excluding diaryl/α,β-unsaturated/α-hetero) is 1. The van der Waals surface area contributed by atoms with Crippen LogP contribution in [0.5, 0.6) is 0 Å². The van der Waals surface area contributed by atoms with Crippen LogP contribution in [0.4, 0.5) is 0 Å². The van der Waals surface area contributed by atoms with Crippen molar-refractivity contribution in [3.63, 3.8) is 0 Å². The molecule has 3 nitrogen and oxygen atoms in total. The van der Waals surface area contributed by atoms with Gasteiger partial charge in [-0.15, -0.1) is 0 Å². The van der Waals surface area contributed by atoms with Gasteiger partial charge in [-0.05, 0) is 56.2 Å². The Kier molecular flexibility index (Phi) is 5.40. The maximum atomic E-state index is 12.7. The molecule has 1 aromatic rings. The van der Waals surface area contributed by atoms with Gasteiger partial charge in [0.2, 0.25) is 0 Å². The van der Waals surface area contributed by atoms with Crippen LogP contribution < -0.4 is 0 Å². The van der Waals surface area contributed by atoms with Gasteiger partial charge in [0.05, 0.1) is 5.56 Å². The molecule has 0 saturated heterocycles. The molecular weight excluding hydrogens is 288 g/mol. The van der Waals surface area contributed by atoms with Crippen molar-refractivity contribution in [2.45, 2.75) is 59.5 Å². The first-order valence-corrected chi connectivity index (χ1v) is 8.31. The molecule has 0 saturated carbocycles. The van der Waals surface area contributed by atoms with E-state index in [0.29, 0.717) is 5.56 Å². The molecule has 124 valence electrons. The van der Waals surface area contributed by atoms with Crippen LogP contribution in [-0.2, 0) is 9.53 Å². The highest BCUT2D eigenvalue weighted by Gasteiger charge is 2.33. The third kappa shape index (κ3) is 4.31. The third-order valence-corrected chi connectivity index (χ3v) is 4.53. The quantitative estimate of drug-likeness (QED) is 0.739. The Balaban J connectivity index is 2.01. The number of benzene rings is 1. The molecule has 1 unspecified atom stereocenters. The van der Waals surface area contributed by atoms with E-state index in [1.165, 1.54) is 5.57 Å². The summed E-state index contributed by atoms with van der Waals surface area (Å²) in [6.45, 7) is 8.09. The van der Waals surface area contributed by atoms with Gasteiger partial charge in [-0.25, -0.2) is 4.79 Å². The fourth-order valence-electron chi connectivity index (χ4n) is 3.47. The zero-order valence-electron chi connectivity index (χ0n) is 14.5. The zero-order chi connectivity index (χ0) is 17.0. The smallest absolute Gasteiger partial charge is 0.338 e. The van der Waals surface area contributed by atoms with Crippen molar-refractivity contribution < 1.29 is 14.3 Å². The SMILES string of the molecule is CC1=C(C(=O)CC(C)OC(=O)c2ccccc2)C(C)(C)CCC1. The average Bonchev–Trinajstić information content (AvgIpc) is 2.46. The lowest BCUT2D eigenvalue weighted by Crippen LogP contribution is -2.29. The molecule has 0 heterocycles. The summed E-state index contributed by atoms with van der Waals surface area (Å²) in [7, 11) is 0. The second-order valence-electron chi connectivity index (χ2n) is 7.10. The van der Waals surface area contributed by atoms with Gasteiger partial charge < -0.3 is 4.74 Å². The molecule has 0 aliphatic heterocycles. The second kappa shape index (κ2) is 7.12. The highest BCUT2D eigenvalue weighted by atomic mass is 16.5. The van der Waals surface area contributed by atoms with Crippen molar-refractivity contribution in [1.82, 2.24) is 0 Å². The number of hydrogen-bond donors (Lipinski definition) is 0. The number of carbonyl (C=O) groups is 2. The first kappa shape index (κ1) is 17.5. The van der Waals surface area contributed by atoms with Crippen molar-refractivity contribution in [2.75, 3.05) is 0 Å². The van der Waals surface area contributed by atoms with E-state index in [1.54, 1.807) is 31.2 Å². The molecule has 1 aliphatic carbocycles. The molecule has 23 heavy (non-hydrogen) atoms. The normalized spacial score (nSPS) is 18.4.